The molecule has 0 saturated heterocycles. The fraction of sp³-hybridized carbons (Fsp3) is 0. The van der Waals surface area contributed by atoms with Gasteiger partial charge in [-0.05, 0) is 30.3 Å². The number of aromatic nitrogens is 3. The summed E-state index contributed by atoms with van der Waals surface area (Å²) in [5.41, 5.74) is 2.00. The molecule has 0 bridgehead atoms. The van der Waals surface area contributed by atoms with Gasteiger partial charge in [0.15, 0.2) is 11.6 Å². The highest BCUT2D eigenvalue weighted by Gasteiger charge is 2.14. The second-order valence-electron chi connectivity index (χ2n) is 4.80. The maximum Gasteiger partial charge on any atom is 0.258 e. The molecule has 0 atom stereocenters. The normalized spacial score (nSPS) is 11.2. The maximum absolute atomic E-state index is 13.3. The van der Waals surface area contributed by atoms with Crippen LogP contribution in [-0.4, -0.2) is 15.1 Å². The lowest BCUT2D eigenvalue weighted by Crippen LogP contribution is -1.86. The summed E-state index contributed by atoms with van der Waals surface area (Å²) in [5, 5.41) is 4.95. The number of H-pyrrole nitrogens is 1. The van der Waals surface area contributed by atoms with Crippen molar-refractivity contribution in [1.82, 2.24) is 15.1 Å². The molecule has 4 nitrogen and oxygen atoms in total. The maximum atomic E-state index is 13.3. The average molecular weight is 297 g/mol. The van der Waals surface area contributed by atoms with E-state index in [2.05, 4.69) is 15.1 Å². The monoisotopic (exact) mass is 297 g/mol. The van der Waals surface area contributed by atoms with Crippen LogP contribution in [0.5, 0.6) is 0 Å². The van der Waals surface area contributed by atoms with E-state index >= 15 is 0 Å². The summed E-state index contributed by atoms with van der Waals surface area (Å²) in [6, 6.07) is 11.1. The summed E-state index contributed by atoms with van der Waals surface area (Å²) < 4.78 is 31.4. The molecule has 4 aromatic rings. The Hall–Kier alpha value is -3.02. The molecule has 2 aromatic heterocycles. The van der Waals surface area contributed by atoms with E-state index in [1.54, 1.807) is 0 Å². The Balaban J connectivity index is 1.81. The highest BCUT2D eigenvalue weighted by molar-refractivity contribution is 5.92. The molecule has 0 unspecified atom stereocenters. The molecule has 0 aliphatic rings. The predicted octanol–water partition coefficient (Wildman–Crippen LogP) is 4.16. The lowest BCUT2D eigenvalue weighted by Gasteiger charge is -1.97. The SMILES string of the molecule is Fc1ccc(-c2nc(-c3cccc4cc[nH]c34)no2)cc1F. The van der Waals surface area contributed by atoms with Crippen LogP contribution in [0.4, 0.5) is 8.78 Å². The summed E-state index contributed by atoms with van der Waals surface area (Å²) in [5.74, 6) is -1.35. The van der Waals surface area contributed by atoms with Crippen LogP contribution < -0.4 is 0 Å². The number of hydrogen-bond acceptors (Lipinski definition) is 3. The molecular formula is C16H9F2N3O. The van der Waals surface area contributed by atoms with Gasteiger partial charge in [-0.15, -0.1) is 0 Å². The number of halogens is 2. The Kier molecular flexibility index (Phi) is 2.75. The molecule has 1 N–H and O–H groups in total. The number of rotatable bonds is 2. The summed E-state index contributed by atoms with van der Waals surface area (Å²) in [4.78, 5) is 7.39. The third kappa shape index (κ3) is 1.96. The minimum atomic E-state index is -0.955. The molecule has 2 aromatic carbocycles. The van der Waals surface area contributed by atoms with Crippen molar-refractivity contribution in [3.63, 3.8) is 0 Å². The van der Waals surface area contributed by atoms with Gasteiger partial charge in [-0.3, -0.25) is 0 Å². The molecule has 4 rings (SSSR count). The Morgan fingerprint density at radius 2 is 1.91 bits per heavy atom. The van der Waals surface area contributed by atoms with Crippen LogP contribution in [0.2, 0.25) is 0 Å². The average Bonchev–Trinajstić information content (AvgIpc) is 3.18. The molecule has 2 heterocycles. The van der Waals surface area contributed by atoms with Gasteiger partial charge in [0.1, 0.15) is 0 Å². The van der Waals surface area contributed by atoms with E-state index in [9.17, 15) is 8.78 Å². The first-order chi connectivity index (χ1) is 10.7. The molecule has 0 spiro atoms. The summed E-state index contributed by atoms with van der Waals surface area (Å²) in [6.45, 7) is 0. The molecule has 0 saturated carbocycles. The molecule has 108 valence electrons. The zero-order valence-corrected chi connectivity index (χ0v) is 11.2. The van der Waals surface area contributed by atoms with E-state index in [1.165, 1.54) is 6.07 Å². The molecule has 22 heavy (non-hydrogen) atoms. The number of benzene rings is 2. The van der Waals surface area contributed by atoms with Crippen LogP contribution in [-0.2, 0) is 0 Å². The van der Waals surface area contributed by atoms with Crippen molar-refractivity contribution in [2.75, 3.05) is 0 Å². The topological polar surface area (TPSA) is 54.7 Å². The van der Waals surface area contributed by atoms with Gasteiger partial charge in [0.2, 0.25) is 5.82 Å². The molecule has 0 aliphatic carbocycles. The Morgan fingerprint density at radius 1 is 1.00 bits per heavy atom. The zero-order chi connectivity index (χ0) is 15.1. The lowest BCUT2D eigenvalue weighted by atomic mass is 10.1. The van der Waals surface area contributed by atoms with Gasteiger partial charge in [-0.2, -0.15) is 4.98 Å². The number of hydrogen-bond donors (Lipinski definition) is 1. The minimum absolute atomic E-state index is 0.137. The van der Waals surface area contributed by atoms with E-state index in [0.29, 0.717) is 11.4 Å². The van der Waals surface area contributed by atoms with Crippen molar-refractivity contribution in [2.45, 2.75) is 0 Å². The van der Waals surface area contributed by atoms with E-state index in [-0.39, 0.29) is 5.89 Å². The molecule has 0 amide bonds. The van der Waals surface area contributed by atoms with Crippen molar-refractivity contribution in [2.24, 2.45) is 0 Å². The fourth-order valence-electron chi connectivity index (χ4n) is 2.35. The van der Waals surface area contributed by atoms with Gasteiger partial charge >= 0.3 is 0 Å². The number of aromatic amines is 1. The number of nitrogens with one attached hydrogen (secondary N) is 1. The molecular weight excluding hydrogens is 288 g/mol. The Morgan fingerprint density at radius 3 is 2.77 bits per heavy atom. The highest BCUT2D eigenvalue weighted by Crippen LogP contribution is 2.28. The van der Waals surface area contributed by atoms with Crippen LogP contribution in [0.15, 0.2) is 53.2 Å². The van der Waals surface area contributed by atoms with Crippen molar-refractivity contribution < 1.29 is 13.3 Å². The Bertz CT molecular complexity index is 974. The minimum Gasteiger partial charge on any atom is -0.361 e. The van der Waals surface area contributed by atoms with Gasteiger partial charge < -0.3 is 9.51 Å². The van der Waals surface area contributed by atoms with E-state index in [1.807, 2.05) is 30.5 Å². The second-order valence-corrected chi connectivity index (χ2v) is 4.80. The Labute approximate surface area is 123 Å². The van der Waals surface area contributed by atoms with Crippen molar-refractivity contribution in [3.05, 3.63) is 60.3 Å². The quantitative estimate of drug-likeness (QED) is 0.604. The van der Waals surface area contributed by atoms with Crippen LogP contribution in [0.25, 0.3) is 33.7 Å². The second kappa shape index (κ2) is 4.77. The molecule has 0 aliphatic heterocycles. The first-order valence-corrected chi connectivity index (χ1v) is 6.58. The number of nitrogens with zero attached hydrogens (tertiary/aromatic N) is 2. The smallest absolute Gasteiger partial charge is 0.258 e. The van der Waals surface area contributed by atoms with Gasteiger partial charge in [0, 0.05) is 22.7 Å². The standard InChI is InChI=1S/C16H9F2N3O/c17-12-5-4-10(8-13(12)18)16-20-15(21-22-16)11-3-1-2-9-6-7-19-14(9)11/h1-8,19H. The van der Waals surface area contributed by atoms with Gasteiger partial charge in [0.25, 0.3) is 5.89 Å². The van der Waals surface area contributed by atoms with E-state index < -0.39 is 11.6 Å². The molecule has 0 fully saturated rings. The number of para-hydroxylation sites is 1. The zero-order valence-electron chi connectivity index (χ0n) is 11.2. The summed E-state index contributed by atoms with van der Waals surface area (Å²) >= 11 is 0. The van der Waals surface area contributed by atoms with Crippen molar-refractivity contribution in [1.29, 1.82) is 0 Å². The molecule has 6 heteroatoms. The van der Waals surface area contributed by atoms with Gasteiger partial charge in [-0.25, -0.2) is 8.78 Å². The van der Waals surface area contributed by atoms with Gasteiger partial charge in [0.05, 0.1) is 5.52 Å². The highest BCUT2D eigenvalue weighted by atomic mass is 19.2. The summed E-state index contributed by atoms with van der Waals surface area (Å²) in [7, 11) is 0. The first-order valence-electron chi connectivity index (χ1n) is 6.58. The lowest BCUT2D eigenvalue weighted by molar-refractivity contribution is 0.431. The van der Waals surface area contributed by atoms with Crippen LogP contribution in [0.3, 0.4) is 0 Å². The molecule has 0 radical (unpaired) electrons. The number of fused-ring (bicyclic) bond motifs is 1. The van der Waals surface area contributed by atoms with Crippen LogP contribution >= 0.6 is 0 Å². The van der Waals surface area contributed by atoms with E-state index in [4.69, 9.17) is 4.52 Å². The first kappa shape index (κ1) is 12.7. The van der Waals surface area contributed by atoms with Gasteiger partial charge in [-0.1, -0.05) is 17.3 Å². The fourth-order valence-corrected chi connectivity index (χ4v) is 2.35. The largest absolute Gasteiger partial charge is 0.361 e. The van der Waals surface area contributed by atoms with E-state index in [0.717, 1.165) is 28.6 Å². The third-order valence-corrected chi connectivity index (χ3v) is 3.42. The van der Waals surface area contributed by atoms with Crippen molar-refractivity contribution in [3.8, 4) is 22.8 Å². The van der Waals surface area contributed by atoms with Crippen LogP contribution in [0.1, 0.15) is 0 Å². The van der Waals surface area contributed by atoms with Crippen LogP contribution in [0, 0.1) is 11.6 Å². The summed E-state index contributed by atoms with van der Waals surface area (Å²) in [6.07, 6.45) is 1.82. The van der Waals surface area contributed by atoms with Crippen molar-refractivity contribution >= 4 is 10.9 Å². The third-order valence-electron chi connectivity index (χ3n) is 3.42. The predicted molar refractivity (Wildman–Crippen MR) is 76.9 cm³/mol.